The number of methoxy groups -OCH3 is 2. The number of halogens is 1. The average Bonchev–Trinajstić information content (AvgIpc) is 2.17. The summed E-state index contributed by atoms with van der Waals surface area (Å²) in [6.45, 7) is 0. The minimum atomic E-state index is 0.399. The number of carbonyl (C=O) groups excluding carboxylic acids is 1. The molecule has 4 heteroatoms. The van der Waals surface area contributed by atoms with E-state index in [9.17, 15) is 4.79 Å². The van der Waals surface area contributed by atoms with E-state index in [2.05, 4.69) is 22.6 Å². The zero-order chi connectivity index (χ0) is 10.6. The molecule has 0 aliphatic rings. The average molecular weight is 306 g/mol. The molecule has 0 aromatic heterocycles. The molecule has 0 amide bonds. The highest BCUT2D eigenvalue weighted by Crippen LogP contribution is 2.33. The van der Waals surface area contributed by atoms with Crippen LogP contribution in [-0.2, 0) is 11.2 Å². The van der Waals surface area contributed by atoms with E-state index in [0.29, 0.717) is 17.9 Å². The van der Waals surface area contributed by atoms with E-state index in [4.69, 9.17) is 9.47 Å². The van der Waals surface area contributed by atoms with Gasteiger partial charge in [0.05, 0.1) is 17.8 Å². The number of benzene rings is 1. The number of carbonyl (C=O) groups is 1. The van der Waals surface area contributed by atoms with Crippen LogP contribution in [0.1, 0.15) is 5.56 Å². The van der Waals surface area contributed by atoms with Crippen LogP contribution in [0.25, 0.3) is 0 Å². The van der Waals surface area contributed by atoms with Gasteiger partial charge in [-0.05, 0) is 40.3 Å². The first-order valence-electron chi connectivity index (χ1n) is 4.07. The monoisotopic (exact) mass is 306 g/mol. The van der Waals surface area contributed by atoms with Crippen LogP contribution in [0.4, 0.5) is 0 Å². The Morgan fingerprint density at radius 1 is 1.36 bits per heavy atom. The first-order valence-corrected chi connectivity index (χ1v) is 5.14. The molecule has 0 aliphatic carbocycles. The first kappa shape index (κ1) is 11.3. The fourth-order valence-corrected chi connectivity index (χ4v) is 2.07. The predicted octanol–water partition coefficient (Wildman–Crippen LogP) is 2.05. The van der Waals surface area contributed by atoms with Gasteiger partial charge in [0.2, 0.25) is 0 Å². The third-order valence-corrected chi connectivity index (χ3v) is 2.61. The van der Waals surface area contributed by atoms with Crippen LogP contribution in [0, 0.1) is 3.57 Å². The van der Waals surface area contributed by atoms with E-state index in [-0.39, 0.29) is 0 Å². The zero-order valence-electron chi connectivity index (χ0n) is 8.04. The second kappa shape index (κ2) is 5.19. The molecule has 0 unspecified atom stereocenters. The van der Waals surface area contributed by atoms with Crippen LogP contribution < -0.4 is 9.47 Å². The minimum absolute atomic E-state index is 0.399. The predicted molar refractivity (Wildman–Crippen MR) is 62.0 cm³/mol. The Bertz CT molecular complexity index is 336. The molecule has 0 saturated carbocycles. The van der Waals surface area contributed by atoms with Crippen LogP contribution in [0.2, 0.25) is 0 Å². The summed E-state index contributed by atoms with van der Waals surface area (Å²) in [6.07, 6.45) is 1.27. The lowest BCUT2D eigenvalue weighted by atomic mass is 10.1. The second-order valence-electron chi connectivity index (χ2n) is 2.68. The Balaban J connectivity index is 3.16. The van der Waals surface area contributed by atoms with Gasteiger partial charge in [0, 0.05) is 6.42 Å². The molecule has 0 atom stereocenters. The fraction of sp³-hybridized carbons (Fsp3) is 0.300. The Morgan fingerprint density at radius 3 is 2.57 bits per heavy atom. The van der Waals surface area contributed by atoms with Crippen LogP contribution >= 0.6 is 22.6 Å². The van der Waals surface area contributed by atoms with Gasteiger partial charge in [-0.1, -0.05) is 0 Å². The molecule has 1 aromatic carbocycles. The number of rotatable bonds is 4. The Kier molecular flexibility index (Phi) is 4.19. The van der Waals surface area contributed by atoms with Gasteiger partial charge >= 0.3 is 0 Å². The molecule has 3 nitrogen and oxygen atoms in total. The highest BCUT2D eigenvalue weighted by molar-refractivity contribution is 14.1. The number of ether oxygens (including phenoxy) is 2. The van der Waals surface area contributed by atoms with Crippen molar-refractivity contribution in [2.75, 3.05) is 14.2 Å². The van der Waals surface area contributed by atoms with Gasteiger partial charge in [-0.25, -0.2) is 0 Å². The van der Waals surface area contributed by atoms with Crippen molar-refractivity contribution in [1.29, 1.82) is 0 Å². The largest absolute Gasteiger partial charge is 0.493 e. The van der Waals surface area contributed by atoms with E-state index in [1.165, 1.54) is 0 Å². The van der Waals surface area contributed by atoms with E-state index < -0.39 is 0 Å². The molecule has 14 heavy (non-hydrogen) atoms. The van der Waals surface area contributed by atoms with Crippen molar-refractivity contribution >= 4 is 28.9 Å². The van der Waals surface area contributed by atoms with Crippen LogP contribution in [0.5, 0.6) is 11.5 Å². The van der Waals surface area contributed by atoms with Crippen molar-refractivity contribution in [1.82, 2.24) is 0 Å². The van der Waals surface area contributed by atoms with Gasteiger partial charge < -0.3 is 14.3 Å². The van der Waals surface area contributed by atoms with Crippen molar-refractivity contribution in [3.8, 4) is 11.5 Å². The summed E-state index contributed by atoms with van der Waals surface area (Å²) in [6, 6.07) is 3.73. The molecule has 0 spiro atoms. The van der Waals surface area contributed by atoms with E-state index in [0.717, 1.165) is 15.4 Å². The van der Waals surface area contributed by atoms with E-state index in [1.54, 1.807) is 14.2 Å². The number of hydrogen-bond acceptors (Lipinski definition) is 3. The van der Waals surface area contributed by atoms with Gasteiger partial charge in [-0.2, -0.15) is 0 Å². The van der Waals surface area contributed by atoms with Gasteiger partial charge in [0.1, 0.15) is 6.29 Å². The van der Waals surface area contributed by atoms with Crippen LogP contribution in [0.15, 0.2) is 12.1 Å². The molecule has 0 aliphatic heterocycles. The van der Waals surface area contributed by atoms with Gasteiger partial charge in [0.25, 0.3) is 0 Å². The van der Waals surface area contributed by atoms with Crippen molar-refractivity contribution in [3.63, 3.8) is 0 Å². The molecule has 0 heterocycles. The normalized spacial score (nSPS) is 9.64. The van der Waals surface area contributed by atoms with E-state index >= 15 is 0 Å². The zero-order valence-corrected chi connectivity index (χ0v) is 10.2. The standard InChI is InChI=1S/C10H11IO3/c1-13-9-6-7(3-4-12)5-8(11)10(9)14-2/h4-6H,3H2,1-2H3. The Hall–Kier alpha value is -0.780. The lowest BCUT2D eigenvalue weighted by molar-refractivity contribution is -0.107. The molecular formula is C10H11IO3. The third-order valence-electron chi connectivity index (χ3n) is 1.81. The van der Waals surface area contributed by atoms with Crippen LogP contribution in [0.3, 0.4) is 0 Å². The second-order valence-corrected chi connectivity index (χ2v) is 3.85. The Labute approximate surface area is 96.5 Å². The van der Waals surface area contributed by atoms with Crippen molar-refractivity contribution in [2.45, 2.75) is 6.42 Å². The quantitative estimate of drug-likeness (QED) is 0.631. The molecular weight excluding hydrogens is 295 g/mol. The highest BCUT2D eigenvalue weighted by atomic mass is 127. The summed E-state index contributed by atoms with van der Waals surface area (Å²) >= 11 is 2.15. The van der Waals surface area contributed by atoms with Crippen molar-refractivity contribution in [3.05, 3.63) is 21.3 Å². The maximum atomic E-state index is 10.4. The molecule has 0 N–H and O–H groups in total. The first-order chi connectivity index (χ1) is 6.72. The summed E-state index contributed by atoms with van der Waals surface area (Å²) in [5, 5.41) is 0. The van der Waals surface area contributed by atoms with Gasteiger partial charge in [-0.3, -0.25) is 0 Å². The highest BCUT2D eigenvalue weighted by Gasteiger charge is 2.09. The van der Waals surface area contributed by atoms with Crippen molar-refractivity contribution in [2.24, 2.45) is 0 Å². The summed E-state index contributed by atoms with van der Waals surface area (Å²) < 4.78 is 11.3. The lowest BCUT2D eigenvalue weighted by Crippen LogP contribution is -1.96. The molecule has 1 rings (SSSR count). The topological polar surface area (TPSA) is 35.5 Å². The summed E-state index contributed by atoms with van der Waals surface area (Å²) in [5.41, 5.74) is 0.932. The molecule has 0 fully saturated rings. The minimum Gasteiger partial charge on any atom is -0.493 e. The summed E-state index contributed by atoms with van der Waals surface area (Å²) in [5.74, 6) is 1.37. The number of hydrogen-bond donors (Lipinski definition) is 0. The van der Waals surface area contributed by atoms with Gasteiger partial charge in [-0.15, -0.1) is 0 Å². The van der Waals surface area contributed by atoms with Crippen molar-refractivity contribution < 1.29 is 14.3 Å². The summed E-state index contributed by atoms with van der Waals surface area (Å²) in [4.78, 5) is 10.4. The Morgan fingerprint density at radius 2 is 2.07 bits per heavy atom. The molecule has 1 aromatic rings. The van der Waals surface area contributed by atoms with Crippen LogP contribution in [-0.4, -0.2) is 20.5 Å². The SMILES string of the molecule is COc1cc(CC=O)cc(I)c1OC. The fourth-order valence-electron chi connectivity index (χ4n) is 1.19. The van der Waals surface area contributed by atoms with E-state index in [1.807, 2.05) is 12.1 Å². The summed E-state index contributed by atoms with van der Waals surface area (Å²) in [7, 11) is 3.18. The molecule has 76 valence electrons. The third kappa shape index (κ3) is 2.37. The maximum Gasteiger partial charge on any atom is 0.174 e. The lowest BCUT2D eigenvalue weighted by Gasteiger charge is -2.10. The molecule has 0 bridgehead atoms. The van der Waals surface area contributed by atoms with Gasteiger partial charge in [0.15, 0.2) is 11.5 Å². The number of aldehydes is 1. The molecule has 0 saturated heterocycles. The maximum absolute atomic E-state index is 10.4. The smallest absolute Gasteiger partial charge is 0.174 e. The molecule has 0 radical (unpaired) electrons.